The van der Waals surface area contributed by atoms with Crippen LogP contribution in [0.15, 0.2) is 12.7 Å². The lowest BCUT2D eigenvalue weighted by molar-refractivity contribution is -0.143. The lowest BCUT2D eigenvalue weighted by atomic mass is 10.0. The first kappa shape index (κ1) is 28.6. The van der Waals surface area contributed by atoms with Crippen molar-refractivity contribution >= 4 is 18.6 Å². The lowest BCUT2D eigenvalue weighted by Crippen LogP contribution is -2.06. The fourth-order valence-electron chi connectivity index (χ4n) is 3.79. The van der Waals surface area contributed by atoms with Crippen molar-refractivity contribution in [3.8, 4) is 0 Å². The zero-order valence-corrected chi connectivity index (χ0v) is 20.2. The molecule has 0 aromatic carbocycles. The third-order valence-electron chi connectivity index (χ3n) is 5.64. The second-order valence-corrected chi connectivity index (χ2v) is 8.94. The lowest BCUT2D eigenvalue weighted by Gasteiger charge is -2.04. The van der Waals surface area contributed by atoms with Crippen LogP contribution in [0.4, 0.5) is 0 Å². The molecule has 0 heterocycles. The molecule has 0 aliphatic heterocycles. The monoisotopic (exact) mass is 426 g/mol. The molecule has 0 fully saturated rings. The van der Waals surface area contributed by atoms with Gasteiger partial charge in [-0.05, 0) is 19.3 Å². The topological polar surface area (TPSA) is 26.3 Å². The van der Waals surface area contributed by atoms with Gasteiger partial charge in [-0.25, -0.2) is 0 Å². The SMILES string of the molecule is C=CCCCCCCCCCCCCCCCCCCCCCC(=O)OCCS. The highest BCUT2D eigenvalue weighted by atomic mass is 32.1. The van der Waals surface area contributed by atoms with Crippen LogP contribution in [-0.2, 0) is 9.53 Å². The molecule has 0 aliphatic carbocycles. The van der Waals surface area contributed by atoms with Crippen LogP contribution >= 0.6 is 12.6 Å². The van der Waals surface area contributed by atoms with Crippen molar-refractivity contribution in [2.75, 3.05) is 12.4 Å². The van der Waals surface area contributed by atoms with Gasteiger partial charge in [-0.2, -0.15) is 12.6 Å². The minimum Gasteiger partial charge on any atom is -0.465 e. The van der Waals surface area contributed by atoms with Gasteiger partial charge in [0.1, 0.15) is 6.61 Å². The average molecular weight is 427 g/mol. The van der Waals surface area contributed by atoms with Gasteiger partial charge in [0.25, 0.3) is 0 Å². The molecular weight excluding hydrogens is 376 g/mol. The van der Waals surface area contributed by atoms with Gasteiger partial charge in [-0.3, -0.25) is 4.79 Å². The average Bonchev–Trinajstić information content (AvgIpc) is 2.73. The first-order valence-electron chi connectivity index (χ1n) is 12.7. The zero-order valence-electron chi connectivity index (χ0n) is 19.3. The summed E-state index contributed by atoms with van der Waals surface area (Å²) in [6, 6.07) is 0. The molecule has 0 saturated carbocycles. The summed E-state index contributed by atoms with van der Waals surface area (Å²) >= 11 is 4.03. The van der Waals surface area contributed by atoms with Crippen molar-refractivity contribution in [3.63, 3.8) is 0 Å². The first-order valence-corrected chi connectivity index (χ1v) is 13.3. The molecule has 0 rings (SSSR count). The molecule has 0 amide bonds. The number of hydrogen-bond acceptors (Lipinski definition) is 3. The molecule has 0 atom stereocenters. The van der Waals surface area contributed by atoms with Crippen LogP contribution in [0.3, 0.4) is 0 Å². The summed E-state index contributed by atoms with van der Waals surface area (Å²) in [5.41, 5.74) is 0. The molecule has 0 N–H and O–H groups in total. The summed E-state index contributed by atoms with van der Waals surface area (Å²) in [5.74, 6) is 0.553. The van der Waals surface area contributed by atoms with Crippen LogP contribution in [0.1, 0.15) is 135 Å². The van der Waals surface area contributed by atoms with Gasteiger partial charge in [0.15, 0.2) is 0 Å². The van der Waals surface area contributed by atoms with E-state index in [2.05, 4.69) is 19.2 Å². The van der Waals surface area contributed by atoms with Crippen LogP contribution in [0.5, 0.6) is 0 Å². The van der Waals surface area contributed by atoms with E-state index in [1.807, 2.05) is 6.08 Å². The maximum Gasteiger partial charge on any atom is 0.305 e. The van der Waals surface area contributed by atoms with Gasteiger partial charge < -0.3 is 4.74 Å². The van der Waals surface area contributed by atoms with Gasteiger partial charge in [0.05, 0.1) is 0 Å². The van der Waals surface area contributed by atoms with E-state index in [1.165, 1.54) is 116 Å². The Labute approximate surface area is 188 Å². The van der Waals surface area contributed by atoms with Crippen molar-refractivity contribution in [1.29, 1.82) is 0 Å². The molecule has 0 saturated heterocycles. The zero-order chi connectivity index (χ0) is 21.3. The number of ether oxygens (including phenoxy) is 1. The van der Waals surface area contributed by atoms with Crippen LogP contribution in [0.25, 0.3) is 0 Å². The van der Waals surface area contributed by atoms with Crippen LogP contribution in [0.2, 0.25) is 0 Å². The Morgan fingerprint density at radius 1 is 0.621 bits per heavy atom. The minimum absolute atomic E-state index is 0.0611. The van der Waals surface area contributed by atoms with Gasteiger partial charge in [0.2, 0.25) is 0 Å². The van der Waals surface area contributed by atoms with E-state index >= 15 is 0 Å². The van der Waals surface area contributed by atoms with E-state index in [1.54, 1.807) is 0 Å². The highest BCUT2D eigenvalue weighted by Crippen LogP contribution is 2.15. The number of rotatable bonds is 24. The number of unbranched alkanes of at least 4 members (excludes halogenated alkanes) is 19. The van der Waals surface area contributed by atoms with E-state index in [-0.39, 0.29) is 5.97 Å². The third kappa shape index (κ3) is 25.5. The number of carbonyl (C=O) groups excluding carboxylic acids is 1. The molecule has 0 radical (unpaired) electrons. The Balaban J connectivity index is 3.05. The number of thiol groups is 1. The fraction of sp³-hybridized carbons (Fsp3) is 0.885. The van der Waals surface area contributed by atoms with Crippen molar-refractivity contribution in [3.05, 3.63) is 12.7 Å². The van der Waals surface area contributed by atoms with Crippen LogP contribution in [-0.4, -0.2) is 18.3 Å². The van der Waals surface area contributed by atoms with Gasteiger partial charge >= 0.3 is 5.97 Å². The highest BCUT2D eigenvalue weighted by molar-refractivity contribution is 7.80. The number of hydrogen-bond donors (Lipinski definition) is 1. The quantitative estimate of drug-likeness (QED) is 0.0722. The first-order chi connectivity index (χ1) is 14.3. The van der Waals surface area contributed by atoms with E-state index in [0.717, 1.165) is 12.8 Å². The second kappa shape index (κ2) is 25.6. The summed E-state index contributed by atoms with van der Waals surface area (Å²) < 4.78 is 5.02. The summed E-state index contributed by atoms with van der Waals surface area (Å²) in [5, 5.41) is 0. The van der Waals surface area contributed by atoms with E-state index in [4.69, 9.17) is 4.74 Å². The largest absolute Gasteiger partial charge is 0.465 e. The Morgan fingerprint density at radius 3 is 1.31 bits per heavy atom. The van der Waals surface area contributed by atoms with Crippen molar-refractivity contribution < 1.29 is 9.53 Å². The molecule has 2 nitrogen and oxygen atoms in total. The fourth-order valence-corrected chi connectivity index (χ4v) is 3.89. The summed E-state index contributed by atoms with van der Waals surface area (Å²) in [6.45, 7) is 4.22. The molecule has 0 aromatic rings. The van der Waals surface area contributed by atoms with Gasteiger partial charge in [-0.15, -0.1) is 6.58 Å². The van der Waals surface area contributed by atoms with Crippen molar-refractivity contribution in [1.82, 2.24) is 0 Å². The van der Waals surface area contributed by atoms with Crippen LogP contribution < -0.4 is 0 Å². The Bertz CT molecular complexity index is 344. The predicted octanol–water partition coefficient (Wildman–Crippen LogP) is 8.84. The molecule has 3 heteroatoms. The van der Waals surface area contributed by atoms with Gasteiger partial charge in [0, 0.05) is 12.2 Å². The maximum atomic E-state index is 11.3. The Kier molecular flexibility index (Phi) is 25.2. The normalized spacial score (nSPS) is 10.9. The minimum atomic E-state index is -0.0611. The number of esters is 1. The molecule has 29 heavy (non-hydrogen) atoms. The highest BCUT2D eigenvalue weighted by Gasteiger charge is 2.01. The van der Waals surface area contributed by atoms with Crippen molar-refractivity contribution in [2.24, 2.45) is 0 Å². The molecule has 0 unspecified atom stereocenters. The number of allylic oxidation sites excluding steroid dienone is 1. The molecular formula is C26H50O2S. The predicted molar refractivity (Wildman–Crippen MR) is 132 cm³/mol. The van der Waals surface area contributed by atoms with Gasteiger partial charge in [-0.1, -0.05) is 115 Å². The second-order valence-electron chi connectivity index (χ2n) is 8.49. The van der Waals surface area contributed by atoms with Crippen LogP contribution in [0, 0.1) is 0 Å². The Morgan fingerprint density at radius 2 is 0.966 bits per heavy atom. The van der Waals surface area contributed by atoms with E-state index in [0.29, 0.717) is 18.8 Å². The summed E-state index contributed by atoms with van der Waals surface area (Å²) in [6.07, 6.45) is 29.7. The van der Waals surface area contributed by atoms with E-state index < -0.39 is 0 Å². The maximum absolute atomic E-state index is 11.3. The Hall–Kier alpha value is -0.440. The van der Waals surface area contributed by atoms with Crippen molar-refractivity contribution in [2.45, 2.75) is 135 Å². The molecule has 0 aromatic heterocycles. The molecule has 0 bridgehead atoms. The molecule has 0 spiro atoms. The number of carbonyl (C=O) groups is 1. The molecule has 172 valence electrons. The summed E-state index contributed by atoms with van der Waals surface area (Å²) in [4.78, 5) is 11.3. The standard InChI is InChI=1S/C26H50O2S/c1-2-3-4-5-6-7-8-9-10-11-12-13-14-15-16-17-18-19-20-21-22-23-26(27)28-24-25-29/h2,29H,1,3-25H2. The third-order valence-corrected chi connectivity index (χ3v) is 5.83. The van der Waals surface area contributed by atoms with E-state index in [9.17, 15) is 4.79 Å². The summed E-state index contributed by atoms with van der Waals surface area (Å²) in [7, 11) is 0. The smallest absolute Gasteiger partial charge is 0.305 e. The molecule has 0 aliphatic rings.